The summed E-state index contributed by atoms with van der Waals surface area (Å²) in [4.78, 5) is 22.2. The molecule has 0 fully saturated rings. The Morgan fingerprint density at radius 1 is 1.35 bits per heavy atom. The van der Waals surface area contributed by atoms with E-state index < -0.39 is 12.0 Å². The number of nitrogens with two attached hydrogens (primary N) is 1. The maximum atomic E-state index is 11.6. The standard InChI is InChI=1S/C12H24N2O3/c1-4-9(6-11(15)16)7-14-12(17)10(13)5-8(2)3/h8-10H,4-7,13H2,1-3H3,(H,14,17)(H,15,16)/t9?,10-/m1/s1. The van der Waals surface area contributed by atoms with E-state index in [1.807, 2.05) is 20.8 Å². The van der Waals surface area contributed by atoms with E-state index in [0.717, 1.165) is 6.42 Å². The second kappa shape index (κ2) is 8.06. The fourth-order valence-electron chi connectivity index (χ4n) is 1.60. The summed E-state index contributed by atoms with van der Waals surface area (Å²) in [5, 5.41) is 11.4. The number of hydrogen-bond acceptors (Lipinski definition) is 3. The lowest BCUT2D eigenvalue weighted by Crippen LogP contribution is -2.43. The van der Waals surface area contributed by atoms with Crippen LogP contribution in [0.2, 0.25) is 0 Å². The number of carbonyl (C=O) groups is 2. The van der Waals surface area contributed by atoms with Gasteiger partial charge < -0.3 is 16.2 Å². The summed E-state index contributed by atoms with van der Waals surface area (Å²) < 4.78 is 0. The van der Waals surface area contributed by atoms with Gasteiger partial charge in [-0.05, 0) is 18.3 Å². The first-order chi connectivity index (χ1) is 7.86. The van der Waals surface area contributed by atoms with E-state index in [1.54, 1.807) is 0 Å². The average Bonchev–Trinajstić information content (AvgIpc) is 2.22. The van der Waals surface area contributed by atoms with Crippen LogP contribution < -0.4 is 11.1 Å². The largest absolute Gasteiger partial charge is 0.481 e. The normalized spacial score (nSPS) is 14.4. The molecule has 1 amide bonds. The van der Waals surface area contributed by atoms with Gasteiger partial charge in [0, 0.05) is 13.0 Å². The Bertz CT molecular complexity index is 254. The fourth-order valence-corrected chi connectivity index (χ4v) is 1.60. The lowest BCUT2D eigenvalue weighted by molar-refractivity contribution is -0.138. The van der Waals surface area contributed by atoms with Crippen LogP contribution in [0.25, 0.3) is 0 Å². The molecule has 0 aromatic rings. The van der Waals surface area contributed by atoms with E-state index in [9.17, 15) is 9.59 Å². The summed E-state index contributed by atoms with van der Waals surface area (Å²) in [6, 6.07) is -0.502. The van der Waals surface area contributed by atoms with Crippen LogP contribution in [0.15, 0.2) is 0 Å². The number of carboxylic acids is 1. The van der Waals surface area contributed by atoms with E-state index in [1.165, 1.54) is 0 Å². The SMILES string of the molecule is CCC(CNC(=O)[C@H](N)CC(C)C)CC(=O)O. The molecule has 4 N–H and O–H groups in total. The van der Waals surface area contributed by atoms with Gasteiger partial charge in [-0.3, -0.25) is 9.59 Å². The molecule has 0 radical (unpaired) electrons. The molecule has 17 heavy (non-hydrogen) atoms. The molecule has 5 nitrogen and oxygen atoms in total. The molecule has 0 aromatic heterocycles. The second-order valence-electron chi connectivity index (χ2n) is 4.85. The van der Waals surface area contributed by atoms with Crippen LogP contribution in [0.3, 0.4) is 0 Å². The molecule has 100 valence electrons. The van der Waals surface area contributed by atoms with Gasteiger partial charge in [-0.25, -0.2) is 0 Å². The van der Waals surface area contributed by atoms with E-state index >= 15 is 0 Å². The van der Waals surface area contributed by atoms with Crippen molar-refractivity contribution in [1.82, 2.24) is 5.32 Å². The van der Waals surface area contributed by atoms with Crippen LogP contribution in [0.4, 0.5) is 0 Å². The van der Waals surface area contributed by atoms with Crippen molar-refractivity contribution < 1.29 is 14.7 Å². The highest BCUT2D eigenvalue weighted by Gasteiger charge is 2.17. The predicted molar refractivity (Wildman–Crippen MR) is 66.5 cm³/mol. The Balaban J connectivity index is 3.99. The van der Waals surface area contributed by atoms with Crippen LogP contribution in [0, 0.1) is 11.8 Å². The molecule has 5 heteroatoms. The average molecular weight is 244 g/mol. The van der Waals surface area contributed by atoms with Gasteiger partial charge in [0.05, 0.1) is 6.04 Å². The Labute approximate surface area is 103 Å². The summed E-state index contributed by atoms with van der Waals surface area (Å²) in [7, 11) is 0. The zero-order valence-corrected chi connectivity index (χ0v) is 10.9. The molecule has 0 saturated heterocycles. The summed E-state index contributed by atoms with van der Waals surface area (Å²) in [6.07, 6.45) is 1.45. The molecule has 0 aliphatic heterocycles. The van der Waals surface area contributed by atoms with Crippen molar-refractivity contribution >= 4 is 11.9 Å². The van der Waals surface area contributed by atoms with Crippen molar-refractivity contribution in [3.8, 4) is 0 Å². The van der Waals surface area contributed by atoms with Gasteiger partial charge in [-0.1, -0.05) is 27.2 Å². The quantitative estimate of drug-likeness (QED) is 0.593. The number of hydrogen-bond donors (Lipinski definition) is 3. The van der Waals surface area contributed by atoms with Gasteiger partial charge in [-0.15, -0.1) is 0 Å². The minimum absolute atomic E-state index is 0.0253. The summed E-state index contributed by atoms with van der Waals surface area (Å²) in [6.45, 7) is 6.31. The minimum atomic E-state index is -0.836. The molecule has 0 aliphatic carbocycles. The topological polar surface area (TPSA) is 92.4 Å². The van der Waals surface area contributed by atoms with Gasteiger partial charge in [0.2, 0.25) is 5.91 Å². The highest BCUT2D eigenvalue weighted by molar-refractivity contribution is 5.81. The van der Waals surface area contributed by atoms with Gasteiger partial charge in [-0.2, -0.15) is 0 Å². The Morgan fingerprint density at radius 2 is 1.94 bits per heavy atom. The van der Waals surface area contributed by atoms with E-state index in [2.05, 4.69) is 5.32 Å². The molecule has 0 heterocycles. The monoisotopic (exact) mass is 244 g/mol. The number of amides is 1. The van der Waals surface area contributed by atoms with Crippen LogP contribution in [-0.2, 0) is 9.59 Å². The molecule has 0 aromatic carbocycles. The first kappa shape index (κ1) is 15.9. The smallest absolute Gasteiger partial charge is 0.303 e. The number of nitrogens with one attached hydrogen (secondary N) is 1. The van der Waals surface area contributed by atoms with Gasteiger partial charge in [0.1, 0.15) is 0 Å². The van der Waals surface area contributed by atoms with E-state index in [4.69, 9.17) is 10.8 Å². The van der Waals surface area contributed by atoms with Gasteiger partial charge >= 0.3 is 5.97 Å². The first-order valence-electron chi connectivity index (χ1n) is 6.11. The van der Waals surface area contributed by atoms with Crippen molar-refractivity contribution in [2.45, 2.75) is 46.1 Å². The Hall–Kier alpha value is -1.10. The Morgan fingerprint density at radius 3 is 2.35 bits per heavy atom. The Kier molecular flexibility index (Phi) is 7.54. The first-order valence-corrected chi connectivity index (χ1v) is 6.11. The zero-order chi connectivity index (χ0) is 13.4. The second-order valence-corrected chi connectivity index (χ2v) is 4.85. The van der Waals surface area contributed by atoms with Crippen molar-refractivity contribution in [3.05, 3.63) is 0 Å². The third kappa shape index (κ3) is 7.74. The molecule has 0 aliphatic rings. The van der Waals surface area contributed by atoms with Crippen molar-refractivity contribution in [3.63, 3.8) is 0 Å². The lowest BCUT2D eigenvalue weighted by atomic mass is 10.0. The molecular weight excluding hydrogens is 220 g/mol. The zero-order valence-electron chi connectivity index (χ0n) is 10.9. The third-order valence-corrected chi connectivity index (χ3v) is 2.67. The fraction of sp³-hybridized carbons (Fsp3) is 0.833. The number of carbonyl (C=O) groups excluding carboxylic acids is 1. The molecule has 0 rings (SSSR count). The van der Waals surface area contributed by atoms with Crippen LogP contribution >= 0.6 is 0 Å². The van der Waals surface area contributed by atoms with Crippen molar-refractivity contribution in [2.24, 2.45) is 17.6 Å². The van der Waals surface area contributed by atoms with Crippen LogP contribution in [-0.4, -0.2) is 29.6 Å². The number of aliphatic carboxylic acids is 1. The van der Waals surface area contributed by atoms with Crippen LogP contribution in [0.5, 0.6) is 0 Å². The maximum Gasteiger partial charge on any atom is 0.303 e. The van der Waals surface area contributed by atoms with Crippen molar-refractivity contribution in [2.75, 3.05) is 6.54 Å². The van der Waals surface area contributed by atoms with E-state index in [-0.39, 0.29) is 18.2 Å². The summed E-state index contributed by atoms with van der Waals surface area (Å²) in [5.74, 6) is -0.681. The number of carboxylic acid groups (broad SMARTS) is 1. The highest BCUT2D eigenvalue weighted by atomic mass is 16.4. The predicted octanol–water partition coefficient (Wildman–Crippen LogP) is 0.977. The van der Waals surface area contributed by atoms with Crippen molar-refractivity contribution in [1.29, 1.82) is 0 Å². The maximum absolute atomic E-state index is 11.6. The summed E-state index contributed by atoms with van der Waals surface area (Å²) in [5.41, 5.74) is 5.72. The molecule has 1 unspecified atom stereocenters. The molecular formula is C12H24N2O3. The molecule has 0 saturated carbocycles. The summed E-state index contributed by atoms with van der Waals surface area (Å²) >= 11 is 0. The highest BCUT2D eigenvalue weighted by Crippen LogP contribution is 2.07. The minimum Gasteiger partial charge on any atom is -0.481 e. The van der Waals surface area contributed by atoms with Crippen LogP contribution in [0.1, 0.15) is 40.0 Å². The number of rotatable bonds is 8. The van der Waals surface area contributed by atoms with Gasteiger partial charge in [0.15, 0.2) is 0 Å². The van der Waals surface area contributed by atoms with E-state index in [0.29, 0.717) is 18.9 Å². The third-order valence-electron chi connectivity index (χ3n) is 2.67. The van der Waals surface area contributed by atoms with Gasteiger partial charge in [0.25, 0.3) is 0 Å². The lowest BCUT2D eigenvalue weighted by Gasteiger charge is -2.17. The molecule has 2 atom stereocenters. The molecule has 0 bridgehead atoms. The molecule has 0 spiro atoms.